The van der Waals surface area contributed by atoms with Gasteiger partial charge in [-0.15, -0.1) is 0 Å². The Bertz CT molecular complexity index is 616. The summed E-state index contributed by atoms with van der Waals surface area (Å²) in [4.78, 5) is 0. The molecule has 106 valence electrons. The summed E-state index contributed by atoms with van der Waals surface area (Å²) >= 11 is 17.9. The molecule has 0 bridgehead atoms. The normalized spacial score (nSPS) is 12.4. The zero-order chi connectivity index (χ0) is 14.7. The Balaban J connectivity index is 2.08. The van der Waals surface area contributed by atoms with E-state index in [1.165, 1.54) is 12.1 Å². The third-order valence-electron chi connectivity index (χ3n) is 2.93. The Labute approximate surface area is 131 Å². The fourth-order valence-electron chi connectivity index (χ4n) is 1.97. The molecule has 0 aliphatic carbocycles. The van der Waals surface area contributed by atoms with Crippen LogP contribution >= 0.6 is 34.8 Å². The highest BCUT2D eigenvalue weighted by atomic mass is 35.5. The average Bonchev–Trinajstić information content (AvgIpc) is 2.37. The van der Waals surface area contributed by atoms with Crippen LogP contribution in [0.25, 0.3) is 0 Å². The van der Waals surface area contributed by atoms with E-state index >= 15 is 0 Å². The van der Waals surface area contributed by atoms with E-state index in [0.29, 0.717) is 33.5 Å². The van der Waals surface area contributed by atoms with E-state index in [1.807, 2.05) is 0 Å². The summed E-state index contributed by atoms with van der Waals surface area (Å²) in [5.41, 5.74) is 1.46. The van der Waals surface area contributed by atoms with Crippen molar-refractivity contribution in [3.05, 3.63) is 68.4 Å². The molecule has 5 heteroatoms. The molecule has 0 radical (unpaired) electrons. The molecule has 0 saturated carbocycles. The molecule has 1 N–H and O–H groups in total. The van der Waals surface area contributed by atoms with Crippen molar-refractivity contribution < 1.29 is 9.50 Å². The summed E-state index contributed by atoms with van der Waals surface area (Å²) in [7, 11) is 0. The van der Waals surface area contributed by atoms with E-state index < -0.39 is 11.9 Å². The SMILES string of the molecule is OC(Cc1ccc(F)cc1Cl)Cc1cc(Cl)ccc1Cl. The fourth-order valence-corrected chi connectivity index (χ4v) is 2.60. The summed E-state index contributed by atoms with van der Waals surface area (Å²) in [6, 6.07) is 9.23. The molecule has 1 nitrogen and oxygen atoms in total. The van der Waals surface area contributed by atoms with Crippen molar-refractivity contribution in [1.82, 2.24) is 0 Å². The molecule has 1 unspecified atom stereocenters. The van der Waals surface area contributed by atoms with Crippen LogP contribution in [0.4, 0.5) is 4.39 Å². The lowest BCUT2D eigenvalue weighted by molar-refractivity contribution is 0.175. The van der Waals surface area contributed by atoms with Gasteiger partial charge in [0, 0.05) is 27.9 Å². The van der Waals surface area contributed by atoms with Crippen molar-refractivity contribution in [3.8, 4) is 0 Å². The average molecular weight is 334 g/mol. The third-order valence-corrected chi connectivity index (χ3v) is 3.89. The Hall–Kier alpha value is -0.800. The second kappa shape index (κ2) is 6.77. The molecule has 0 aliphatic heterocycles. The highest BCUT2D eigenvalue weighted by molar-refractivity contribution is 6.33. The second-order valence-corrected chi connectivity index (χ2v) is 5.78. The fraction of sp³-hybridized carbons (Fsp3) is 0.200. The van der Waals surface area contributed by atoms with E-state index in [0.717, 1.165) is 5.56 Å². The van der Waals surface area contributed by atoms with Gasteiger partial charge in [-0.3, -0.25) is 0 Å². The molecular weight excluding hydrogens is 322 g/mol. The van der Waals surface area contributed by atoms with Crippen molar-refractivity contribution in [1.29, 1.82) is 0 Å². The first kappa shape index (κ1) is 15.6. The summed E-state index contributed by atoms with van der Waals surface area (Å²) < 4.78 is 13.0. The number of halogens is 4. The predicted molar refractivity (Wildman–Crippen MR) is 81.3 cm³/mol. The monoisotopic (exact) mass is 332 g/mol. The number of benzene rings is 2. The molecule has 1 atom stereocenters. The van der Waals surface area contributed by atoms with Crippen LogP contribution < -0.4 is 0 Å². The largest absolute Gasteiger partial charge is 0.392 e. The molecule has 2 aromatic carbocycles. The van der Waals surface area contributed by atoms with Gasteiger partial charge < -0.3 is 5.11 Å². The van der Waals surface area contributed by atoms with Crippen LogP contribution in [0.2, 0.25) is 15.1 Å². The number of aliphatic hydroxyl groups excluding tert-OH is 1. The van der Waals surface area contributed by atoms with E-state index in [1.54, 1.807) is 24.3 Å². The first-order valence-electron chi connectivity index (χ1n) is 6.01. The molecule has 20 heavy (non-hydrogen) atoms. The Morgan fingerprint density at radius 3 is 2.30 bits per heavy atom. The first-order valence-corrected chi connectivity index (χ1v) is 7.15. The highest BCUT2D eigenvalue weighted by Crippen LogP contribution is 2.24. The van der Waals surface area contributed by atoms with Gasteiger partial charge in [-0.05, 0) is 41.5 Å². The lowest BCUT2D eigenvalue weighted by atomic mass is 10.0. The van der Waals surface area contributed by atoms with Gasteiger partial charge in [0.05, 0.1) is 6.10 Å². The molecule has 0 amide bonds. The van der Waals surface area contributed by atoms with Crippen molar-refractivity contribution in [2.24, 2.45) is 0 Å². The van der Waals surface area contributed by atoms with E-state index in [-0.39, 0.29) is 0 Å². The summed E-state index contributed by atoms with van der Waals surface area (Å²) in [6.07, 6.45) is 0.00336. The summed E-state index contributed by atoms with van der Waals surface area (Å²) in [5.74, 6) is -0.397. The van der Waals surface area contributed by atoms with Crippen LogP contribution in [0.15, 0.2) is 36.4 Å². The molecule has 2 aromatic rings. The van der Waals surface area contributed by atoms with Gasteiger partial charge in [-0.25, -0.2) is 4.39 Å². The highest BCUT2D eigenvalue weighted by Gasteiger charge is 2.12. The molecule has 2 rings (SSSR count). The van der Waals surface area contributed by atoms with E-state index in [4.69, 9.17) is 34.8 Å². The van der Waals surface area contributed by atoms with Gasteiger partial charge >= 0.3 is 0 Å². The summed E-state index contributed by atoms with van der Waals surface area (Å²) in [6.45, 7) is 0. The number of hydrogen-bond donors (Lipinski definition) is 1. The first-order chi connectivity index (χ1) is 9.45. The second-order valence-electron chi connectivity index (χ2n) is 4.53. The number of hydrogen-bond acceptors (Lipinski definition) is 1. The minimum atomic E-state index is -0.672. The number of rotatable bonds is 4. The maximum absolute atomic E-state index is 13.0. The van der Waals surface area contributed by atoms with Gasteiger partial charge in [0.15, 0.2) is 0 Å². The maximum atomic E-state index is 13.0. The lowest BCUT2D eigenvalue weighted by Gasteiger charge is -2.13. The smallest absolute Gasteiger partial charge is 0.124 e. The minimum Gasteiger partial charge on any atom is -0.392 e. The van der Waals surface area contributed by atoms with E-state index in [9.17, 15) is 9.50 Å². The van der Waals surface area contributed by atoms with Gasteiger partial charge in [0.25, 0.3) is 0 Å². The van der Waals surface area contributed by atoms with Crippen molar-refractivity contribution in [3.63, 3.8) is 0 Å². The van der Waals surface area contributed by atoms with Crippen LogP contribution in [-0.4, -0.2) is 11.2 Å². The topological polar surface area (TPSA) is 20.2 Å². The van der Waals surface area contributed by atoms with Crippen molar-refractivity contribution in [2.75, 3.05) is 0 Å². The Morgan fingerprint density at radius 1 is 0.900 bits per heavy atom. The van der Waals surface area contributed by atoms with E-state index in [2.05, 4.69) is 0 Å². The quantitative estimate of drug-likeness (QED) is 0.841. The van der Waals surface area contributed by atoms with Crippen LogP contribution in [0.5, 0.6) is 0 Å². The van der Waals surface area contributed by atoms with Gasteiger partial charge in [-0.1, -0.05) is 40.9 Å². The van der Waals surface area contributed by atoms with Gasteiger partial charge in [0.2, 0.25) is 0 Å². The van der Waals surface area contributed by atoms with Crippen LogP contribution in [0.3, 0.4) is 0 Å². The van der Waals surface area contributed by atoms with Crippen LogP contribution in [0.1, 0.15) is 11.1 Å². The Kier molecular flexibility index (Phi) is 5.28. The van der Waals surface area contributed by atoms with Crippen molar-refractivity contribution >= 4 is 34.8 Å². The van der Waals surface area contributed by atoms with Crippen molar-refractivity contribution in [2.45, 2.75) is 18.9 Å². The van der Waals surface area contributed by atoms with Crippen LogP contribution in [-0.2, 0) is 12.8 Å². The molecule has 0 heterocycles. The molecule has 0 spiro atoms. The van der Waals surface area contributed by atoms with Gasteiger partial charge in [-0.2, -0.15) is 0 Å². The lowest BCUT2D eigenvalue weighted by Crippen LogP contribution is -2.14. The Morgan fingerprint density at radius 2 is 1.60 bits per heavy atom. The standard InChI is InChI=1S/C15H12Cl3FO/c16-11-2-4-14(17)10(5-11)7-13(20)6-9-1-3-12(19)8-15(9)18/h1-5,8,13,20H,6-7H2. The van der Waals surface area contributed by atoms with Crippen LogP contribution in [0, 0.1) is 5.82 Å². The summed E-state index contributed by atoms with van der Waals surface area (Å²) in [5, 5.41) is 11.5. The zero-order valence-electron chi connectivity index (χ0n) is 10.4. The van der Waals surface area contributed by atoms with Gasteiger partial charge in [0.1, 0.15) is 5.82 Å². The maximum Gasteiger partial charge on any atom is 0.124 e. The third kappa shape index (κ3) is 4.10. The zero-order valence-corrected chi connectivity index (χ0v) is 12.7. The minimum absolute atomic E-state index is 0.307. The molecule has 0 saturated heterocycles. The predicted octanol–water partition coefficient (Wildman–Crippen LogP) is 4.93. The number of aliphatic hydroxyl groups is 1. The molecule has 0 aromatic heterocycles. The molecule has 0 fully saturated rings. The molecule has 0 aliphatic rings. The molecular formula is C15H12Cl3FO.